The molecule has 2 aliphatic carbocycles. The van der Waals surface area contributed by atoms with Crippen molar-refractivity contribution in [3.05, 3.63) is 241 Å². The number of hydrogen-bond acceptors (Lipinski definition) is 1. The molecule has 69 heavy (non-hydrogen) atoms. The topological polar surface area (TPSA) is 8.17 Å². The number of para-hydroxylation sites is 4. The first-order valence-corrected chi connectivity index (χ1v) is 25.0. The van der Waals surface area contributed by atoms with Crippen molar-refractivity contribution in [1.29, 1.82) is 0 Å². The molecule has 2 aliphatic rings. The number of fused-ring (bicyclic) bond motifs is 7. The third-order valence-electron chi connectivity index (χ3n) is 15.6. The van der Waals surface area contributed by atoms with Gasteiger partial charge >= 0.3 is 0 Å². The van der Waals surface area contributed by atoms with Gasteiger partial charge in [-0.25, -0.2) is 0 Å². The highest BCUT2D eigenvalue weighted by Crippen LogP contribution is 2.52. The SMILES string of the molecule is CC1(C)c2ccccc2-c2ccc(-c3ccccc3N(c3ccc(-c4cccc5c4c4ccccc4n5-c4ccccc4)cc3)c3ccccc3-c3cccc4cccc(C5CCCCC5)c34)cc21. The fourth-order valence-corrected chi connectivity index (χ4v) is 12.3. The molecule has 0 saturated heterocycles. The summed E-state index contributed by atoms with van der Waals surface area (Å²) in [5.74, 6) is 0.571. The third-order valence-corrected chi connectivity index (χ3v) is 15.6. The molecule has 332 valence electrons. The van der Waals surface area contributed by atoms with Crippen LogP contribution in [0.4, 0.5) is 17.1 Å². The summed E-state index contributed by atoms with van der Waals surface area (Å²) in [6, 6.07) is 84.0. The van der Waals surface area contributed by atoms with Gasteiger partial charge in [-0.15, -0.1) is 0 Å². The van der Waals surface area contributed by atoms with Gasteiger partial charge in [-0.2, -0.15) is 0 Å². The van der Waals surface area contributed by atoms with Gasteiger partial charge in [0.15, 0.2) is 0 Å². The van der Waals surface area contributed by atoms with E-state index in [2.05, 4.69) is 248 Å². The maximum absolute atomic E-state index is 2.53. The summed E-state index contributed by atoms with van der Waals surface area (Å²) in [7, 11) is 0. The first kappa shape index (κ1) is 41.3. The second kappa shape index (κ2) is 16.7. The maximum Gasteiger partial charge on any atom is 0.0547 e. The van der Waals surface area contributed by atoms with Gasteiger partial charge in [-0.05, 0) is 134 Å². The average Bonchev–Trinajstić information content (AvgIpc) is 3.87. The molecule has 0 bridgehead atoms. The standard InChI is InChI=1S/C67H54N2/c1-67(2)59-33-13-9-27-54(59)55-43-40-48(44-60(55)67)51-26-10-14-34-61(51)68(62-35-15-11-28-56(62)57-32-18-23-47-22-17-30-52(65(47)57)45-20-5-3-6-21-45)50-41-38-46(39-42-50)53-31-19-37-64-66(53)58-29-12-16-36-63(58)69(64)49-24-7-4-8-25-49/h4,7-19,22-45H,3,5-6,20-21H2,1-2H3. The molecule has 0 aliphatic heterocycles. The van der Waals surface area contributed by atoms with Gasteiger partial charge in [0.1, 0.15) is 0 Å². The number of rotatable bonds is 8. The largest absolute Gasteiger partial charge is 0.309 e. The summed E-state index contributed by atoms with van der Waals surface area (Å²) >= 11 is 0. The first-order chi connectivity index (χ1) is 34.0. The molecule has 11 aromatic rings. The second-order valence-electron chi connectivity index (χ2n) is 19.8. The van der Waals surface area contributed by atoms with Gasteiger partial charge < -0.3 is 9.47 Å². The Kier molecular flexibility index (Phi) is 9.98. The zero-order valence-corrected chi connectivity index (χ0v) is 39.4. The molecule has 10 aromatic carbocycles. The number of hydrogen-bond donors (Lipinski definition) is 0. The Bertz CT molecular complexity index is 3730. The molecular weight excluding hydrogens is 833 g/mol. The van der Waals surface area contributed by atoms with Gasteiger partial charge in [-0.1, -0.05) is 203 Å². The van der Waals surface area contributed by atoms with E-state index in [0.29, 0.717) is 5.92 Å². The van der Waals surface area contributed by atoms with Crippen LogP contribution in [0.3, 0.4) is 0 Å². The molecule has 2 heteroatoms. The van der Waals surface area contributed by atoms with Crippen LogP contribution in [0.5, 0.6) is 0 Å². The highest BCUT2D eigenvalue weighted by Gasteiger charge is 2.35. The maximum atomic E-state index is 2.53. The smallest absolute Gasteiger partial charge is 0.0547 e. The lowest BCUT2D eigenvalue weighted by Gasteiger charge is -2.31. The van der Waals surface area contributed by atoms with E-state index in [-0.39, 0.29) is 5.41 Å². The fraction of sp³-hybridized carbons (Fsp3) is 0.134. The molecule has 0 radical (unpaired) electrons. The van der Waals surface area contributed by atoms with Crippen LogP contribution in [0, 0.1) is 0 Å². The monoisotopic (exact) mass is 886 g/mol. The molecule has 2 nitrogen and oxygen atoms in total. The highest BCUT2D eigenvalue weighted by molar-refractivity contribution is 6.16. The lowest BCUT2D eigenvalue weighted by Crippen LogP contribution is -2.15. The van der Waals surface area contributed by atoms with Crippen LogP contribution in [0.25, 0.3) is 82.8 Å². The summed E-state index contributed by atoms with van der Waals surface area (Å²) < 4.78 is 2.41. The van der Waals surface area contributed by atoms with E-state index in [1.807, 2.05) is 0 Å². The van der Waals surface area contributed by atoms with Crippen LogP contribution >= 0.6 is 0 Å². The van der Waals surface area contributed by atoms with Crippen molar-refractivity contribution in [1.82, 2.24) is 4.57 Å². The Labute approximate surface area is 405 Å². The van der Waals surface area contributed by atoms with Crippen molar-refractivity contribution in [3.8, 4) is 50.2 Å². The third kappa shape index (κ3) is 6.76. The van der Waals surface area contributed by atoms with E-state index in [4.69, 9.17) is 0 Å². The first-order valence-electron chi connectivity index (χ1n) is 25.0. The van der Waals surface area contributed by atoms with E-state index in [9.17, 15) is 0 Å². The Morgan fingerprint density at radius 3 is 1.83 bits per heavy atom. The molecular formula is C67H54N2. The van der Waals surface area contributed by atoms with Crippen LogP contribution in [0.15, 0.2) is 224 Å². The van der Waals surface area contributed by atoms with Crippen LogP contribution in [0.2, 0.25) is 0 Å². The minimum absolute atomic E-state index is 0.111. The molecule has 1 saturated carbocycles. The number of aromatic nitrogens is 1. The van der Waals surface area contributed by atoms with E-state index in [1.54, 1.807) is 0 Å². The molecule has 0 spiro atoms. The molecule has 13 rings (SSSR count). The second-order valence-corrected chi connectivity index (χ2v) is 19.8. The summed E-state index contributed by atoms with van der Waals surface area (Å²) in [6.45, 7) is 4.76. The van der Waals surface area contributed by atoms with Gasteiger partial charge in [0.05, 0.1) is 22.4 Å². The number of nitrogens with zero attached hydrogens (tertiary/aromatic N) is 2. The Balaban J connectivity index is 1.01. The predicted octanol–water partition coefficient (Wildman–Crippen LogP) is 18.8. The van der Waals surface area contributed by atoms with Gasteiger partial charge in [0.2, 0.25) is 0 Å². The normalized spacial score (nSPS) is 14.3. The highest BCUT2D eigenvalue weighted by atomic mass is 15.1. The number of anilines is 3. The predicted molar refractivity (Wildman–Crippen MR) is 293 cm³/mol. The molecule has 1 heterocycles. The quantitative estimate of drug-likeness (QED) is 0.148. The minimum Gasteiger partial charge on any atom is -0.309 e. The molecule has 0 N–H and O–H groups in total. The van der Waals surface area contributed by atoms with E-state index >= 15 is 0 Å². The van der Waals surface area contributed by atoms with Gasteiger partial charge in [-0.3, -0.25) is 0 Å². The van der Waals surface area contributed by atoms with Gasteiger partial charge in [0, 0.05) is 38.7 Å². The van der Waals surface area contributed by atoms with Crippen molar-refractivity contribution < 1.29 is 0 Å². The minimum atomic E-state index is -0.111. The van der Waals surface area contributed by atoms with E-state index in [1.165, 1.54) is 126 Å². The number of benzene rings is 10. The van der Waals surface area contributed by atoms with Crippen molar-refractivity contribution in [2.24, 2.45) is 0 Å². The zero-order valence-electron chi connectivity index (χ0n) is 39.4. The average molecular weight is 887 g/mol. The Morgan fingerprint density at radius 1 is 0.420 bits per heavy atom. The van der Waals surface area contributed by atoms with Crippen LogP contribution in [-0.2, 0) is 5.41 Å². The Hall–Kier alpha value is -7.94. The lowest BCUT2D eigenvalue weighted by molar-refractivity contribution is 0.445. The van der Waals surface area contributed by atoms with Crippen molar-refractivity contribution >= 4 is 49.6 Å². The summed E-state index contributed by atoms with van der Waals surface area (Å²) in [4.78, 5) is 2.53. The molecule has 0 amide bonds. The van der Waals surface area contributed by atoms with Gasteiger partial charge in [0.25, 0.3) is 0 Å². The molecule has 1 aromatic heterocycles. The van der Waals surface area contributed by atoms with E-state index < -0.39 is 0 Å². The zero-order chi connectivity index (χ0) is 46.1. The Morgan fingerprint density at radius 2 is 1.01 bits per heavy atom. The van der Waals surface area contributed by atoms with Crippen LogP contribution < -0.4 is 4.90 Å². The van der Waals surface area contributed by atoms with Crippen molar-refractivity contribution in [2.45, 2.75) is 57.3 Å². The lowest BCUT2D eigenvalue weighted by atomic mass is 9.80. The molecule has 1 fully saturated rings. The summed E-state index contributed by atoms with van der Waals surface area (Å²) in [6.07, 6.45) is 6.45. The fourth-order valence-electron chi connectivity index (χ4n) is 12.3. The molecule has 0 unspecified atom stereocenters. The van der Waals surface area contributed by atoms with Crippen LogP contribution in [-0.4, -0.2) is 4.57 Å². The van der Waals surface area contributed by atoms with Crippen molar-refractivity contribution in [3.63, 3.8) is 0 Å². The van der Waals surface area contributed by atoms with E-state index in [0.717, 1.165) is 22.7 Å². The summed E-state index contributed by atoms with van der Waals surface area (Å²) in [5, 5.41) is 5.23. The summed E-state index contributed by atoms with van der Waals surface area (Å²) in [5.41, 5.74) is 21.2. The van der Waals surface area contributed by atoms with Crippen molar-refractivity contribution in [2.75, 3.05) is 4.90 Å². The van der Waals surface area contributed by atoms with Crippen LogP contribution in [0.1, 0.15) is 68.6 Å². The molecule has 0 atom stereocenters.